The van der Waals surface area contributed by atoms with Crippen molar-refractivity contribution in [1.82, 2.24) is 24.9 Å². The molecule has 2 amide bonds. The summed E-state index contributed by atoms with van der Waals surface area (Å²) in [5.41, 5.74) is 0.308. The molecular formula is C18H21N5O4. The Balaban J connectivity index is 1.26. The van der Waals surface area contributed by atoms with E-state index in [0.717, 1.165) is 5.56 Å². The van der Waals surface area contributed by atoms with E-state index in [1.165, 1.54) is 0 Å². The highest BCUT2D eigenvalue weighted by atomic mass is 16.6. The maximum Gasteiger partial charge on any atom is 0.410 e. The van der Waals surface area contributed by atoms with Crippen LogP contribution in [0.15, 0.2) is 29.0 Å². The Labute approximate surface area is 156 Å². The molecule has 0 bridgehead atoms. The fourth-order valence-electron chi connectivity index (χ4n) is 3.59. The smallest absolute Gasteiger partial charge is 0.410 e. The van der Waals surface area contributed by atoms with Gasteiger partial charge < -0.3 is 19.1 Å². The maximum atomic E-state index is 12.5. The molecule has 2 aliphatic rings. The van der Waals surface area contributed by atoms with Crippen LogP contribution in [-0.4, -0.2) is 69.2 Å². The van der Waals surface area contributed by atoms with Crippen molar-refractivity contribution in [2.24, 2.45) is 0 Å². The Hall–Kier alpha value is -2.97. The third kappa shape index (κ3) is 3.62. The number of nitrogens with zero attached hydrogens (tertiary/aromatic N) is 5. The maximum absolute atomic E-state index is 12.5. The summed E-state index contributed by atoms with van der Waals surface area (Å²) in [7, 11) is 1.71. The first kappa shape index (κ1) is 17.4. The molecule has 0 aliphatic carbocycles. The van der Waals surface area contributed by atoms with Crippen LogP contribution in [0.5, 0.6) is 0 Å². The van der Waals surface area contributed by atoms with Crippen molar-refractivity contribution >= 4 is 12.0 Å². The van der Waals surface area contributed by atoms with E-state index < -0.39 is 5.60 Å². The summed E-state index contributed by atoms with van der Waals surface area (Å²) in [5, 5.41) is 3.96. The minimum Gasteiger partial charge on any atom is -0.439 e. The van der Waals surface area contributed by atoms with E-state index in [1.807, 2.05) is 12.1 Å². The third-order valence-corrected chi connectivity index (χ3v) is 5.00. The van der Waals surface area contributed by atoms with Crippen molar-refractivity contribution in [3.05, 3.63) is 30.4 Å². The molecule has 0 unspecified atom stereocenters. The number of pyridine rings is 1. The summed E-state index contributed by atoms with van der Waals surface area (Å²) in [4.78, 5) is 35.7. The number of amides is 2. The van der Waals surface area contributed by atoms with Crippen LogP contribution in [0.25, 0.3) is 11.4 Å². The summed E-state index contributed by atoms with van der Waals surface area (Å²) in [6.07, 6.45) is 5.28. The van der Waals surface area contributed by atoms with Gasteiger partial charge in [0, 0.05) is 50.8 Å². The van der Waals surface area contributed by atoms with Gasteiger partial charge in [-0.3, -0.25) is 9.78 Å². The van der Waals surface area contributed by atoms with Gasteiger partial charge in [-0.25, -0.2) is 4.79 Å². The Morgan fingerprint density at radius 1 is 1.30 bits per heavy atom. The van der Waals surface area contributed by atoms with Gasteiger partial charge in [-0.2, -0.15) is 4.98 Å². The Kier molecular flexibility index (Phi) is 4.51. The number of aromatic nitrogens is 3. The predicted octanol–water partition coefficient (Wildman–Crippen LogP) is 1.51. The van der Waals surface area contributed by atoms with Gasteiger partial charge in [-0.1, -0.05) is 5.16 Å². The first-order valence-corrected chi connectivity index (χ1v) is 9.00. The number of hydrogen-bond donors (Lipinski definition) is 0. The third-order valence-electron chi connectivity index (χ3n) is 5.00. The lowest BCUT2D eigenvalue weighted by molar-refractivity contribution is -0.131. The van der Waals surface area contributed by atoms with Crippen molar-refractivity contribution in [3.8, 4) is 11.4 Å². The first-order valence-electron chi connectivity index (χ1n) is 9.00. The lowest BCUT2D eigenvalue weighted by atomic mass is 10.0. The van der Waals surface area contributed by atoms with E-state index in [0.29, 0.717) is 57.0 Å². The van der Waals surface area contributed by atoms with Crippen LogP contribution in [0.2, 0.25) is 0 Å². The van der Waals surface area contributed by atoms with Crippen molar-refractivity contribution in [3.63, 3.8) is 0 Å². The van der Waals surface area contributed by atoms with Gasteiger partial charge in [-0.15, -0.1) is 0 Å². The average Bonchev–Trinajstić information content (AvgIpc) is 3.36. The number of aryl methyl sites for hydroxylation is 1. The van der Waals surface area contributed by atoms with Crippen molar-refractivity contribution in [2.45, 2.75) is 31.3 Å². The molecule has 9 nitrogen and oxygen atoms in total. The standard InChI is InChI=1S/C18H21N5O4/c1-22-11-18(26-17(22)25)7-10-23(12-18)15(24)4-2-3-14-20-16(21-27-14)13-5-8-19-9-6-13/h5-6,8-9H,2-4,7,10-12H2,1H3/t18-/m1/s1. The molecule has 2 fully saturated rings. The van der Waals surface area contributed by atoms with Crippen molar-refractivity contribution in [1.29, 1.82) is 0 Å². The topological polar surface area (TPSA) is 102 Å². The number of carbonyl (C=O) groups excluding carboxylic acids is 2. The number of carbonyl (C=O) groups is 2. The van der Waals surface area contributed by atoms with Crippen molar-refractivity contribution in [2.75, 3.05) is 26.7 Å². The highest BCUT2D eigenvalue weighted by molar-refractivity contribution is 5.77. The summed E-state index contributed by atoms with van der Waals surface area (Å²) in [6, 6.07) is 3.63. The predicted molar refractivity (Wildman–Crippen MR) is 93.5 cm³/mol. The molecule has 9 heteroatoms. The molecule has 2 saturated heterocycles. The molecule has 0 N–H and O–H groups in total. The molecule has 27 heavy (non-hydrogen) atoms. The monoisotopic (exact) mass is 371 g/mol. The van der Waals surface area contributed by atoms with Crippen LogP contribution in [0.1, 0.15) is 25.2 Å². The summed E-state index contributed by atoms with van der Waals surface area (Å²) in [5.74, 6) is 1.09. The van der Waals surface area contributed by atoms with Crippen LogP contribution < -0.4 is 0 Å². The van der Waals surface area contributed by atoms with Gasteiger partial charge in [0.05, 0.1) is 13.1 Å². The van der Waals surface area contributed by atoms with Gasteiger partial charge in [0.25, 0.3) is 0 Å². The zero-order chi connectivity index (χ0) is 18.9. The second kappa shape index (κ2) is 6.98. The lowest BCUT2D eigenvalue weighted by Gasteiger charge is -2.21. The highest BCUT2D eigenvalue weighted by Gasteiger charge is 2.49. The van der Waals surface area contributed by atoms with E-state index >= 15 is 0 Å². The fourth-order valence-corrected chi connectivity index (χ4v) is 3.59. The molecule has 2 aliphatic heterocycles. The fraction of sp³-hybridized carbons (Fsp3) is 0.500. The first-order chi connectivity index (χ1) is 13.0. The minimum absolute atomic E-state index is 0.0614. The molecule has 2 aromatic heterocycles. The van der Waals surface area contributed by atoms with Crippen LogP contribution in [0.4, 0.5) is 4.79 Å². The molecular weight excluding hydrogens is 350 g/mol. The summed E-state index contributed by atoms with van der Waals surface area (Å²) < 4.78 is 10.7. The molecule has 0 aromatic carbocycles. The van der Waals surface area contributed by atoms with Crippen LogP contribution >= 0.6 is 0 Å². The Morgan fingerprint density at radius 2 is 2.11 bits per heavy atom. The van der Waals surface area contributed by atoms with Gasteiger partial charge in [0.15, 0.2) is 5.60 Å². The zero-order valence-electron chi connectivity index (χ0n) is 15.1. The van der Waals surface area contributed by atoms with E-state index in [-0.39, 0.29) is 12.0 Å². The van der Waals surface area contributed by atoms with E-state index in [1.54, 1.807) is 29.2 Å². The van der Waals surface area contributed by atoms with Crippen LogP contribution in [0, 0.1) is 0 Å². The Morgan fingerprint density at radius 3 is 2.85 bits per heavy atom. The minimum atomic E-state index is -0.534. The summed E-state index contributed by atoms with van der Waals surface area (Å²) >= 11 is 0. The molecule has 1 spiro atoms. The van der Waals surface area contributed by atoms with E-state index in [4.69, 9.17) is 9.26 Å². The molecule has 2 aromatic rings. The molecule has 4 rings (SSSR count). The SMILES string of the molecule is CN1C[C@@]2(CCN(C(=O)CCCc3nc(-c4ccncc4)no3)C2)OC1=O. The normalized spacial score (nSPS) is 21.9. The number of likely N-dealkylation sites (N-methyl/N-ethyl adjacent to an activating group) is 1. The zero-order valence-corrected chi connectivity index (χ0v) is 15.1. The molecule has 0 saturated carbocycles. The number of likely N-dealkylation sites (tertiary alicyclic amines) is 1. The van der Waals surface area contributed by atoms with E-state index in [2.05, 4.69) is 15.1 Å². The molecule has 4 heterocycles. The lowest BCUT2D eigenvalue weighted by Crippen LogP contribution is -2.39. The van der Waals surface area contributed by atoms with E-state index in [9.17, 15) is 9.59 Å². The molecule has 142 valence electrons. The quantitative estimate of drug-likeness (QED) is 0.785. The van der Waals surface area contributed by atoms with Crippen molar-refractivity contribution < 1.29 is 18.8 Å². The Bertz CT molecular complexity index is 839. The van der Waals surface area contributed by atoms with Gasteiger partial charge in [-0.05, 0) is 18.6 Å². The van der Waals surface area contributed by atoms with Gasteiger partial charge in [0.2, 0.25) is 17.6 Å². The highest BCUT2D eigenvalue weighted by Crippen LogP contribution is 2.32. The largest absolute Gasteiger partial charge is 0.439 e. The van der Waals surface area contributed by atoms with Gasteiger partial charge >= 0.3 is 6.09 Å². The number of ether oxygens (including phenoxy) is 1. The second-order valence-electron chi connectivity index (χ2n) is 7.07. The summed E-state index contributed by atoms with van der Waals surface area (Å²) in [6.45, 7) is 1.62. The number of hydrogen-bond acceptors (Lipinski definition) is 7. The molecule has 1 atom stereocenters. The number of rotatable bonds is 5. The van der Waals surface area contributed by atoms with Crippen LogP contribution in [0.3, 0.4) is 0 Å². The average molecular weight is 371 g/mol. The van der Waals surface area contributed by atoms with Crippen LogP contribution in [-0.2, 0) is 16.0 Å². The second-order valence-corrected chi connectivity index (χ2v) is 7.07. The van der Waals surface area contributed by atoms with Gasteiger partial charge in [0.1, 0.15) is 0 Å². The molecule has 0 radical (unpaired) electrons.